The van der Waals surface area contributed by atoms with Gasteiger partial charge in [-0.25, -0.2) is 0 Å². The molecule has 0 bridgehead atoms. The molecule has 25 heavy (non-hydrogen) atoms. The van der Waals surface area contributed by atoms with Crippen molar-refractivity contribution in [3.05, 3.63) is 35.0 Å². The molecule has 1 aliphatic carbocycles. The van der Waals surface area contributed by atoms with Crippen molar-refractivity contribution in [1.29, 1.82) is 0 Å². The summed E-state index contributed by atoms with van der Waals surface area (Å²) in [6.45, 7) is 1.61. The van der Waals surface area contributed by atoms with E-state index in [1.54, 1.807) is 13.0 Å². The summed E-state index contributed by atoms with van der Waals surface area (Å²) in [6.07, 6.45) is 3.16. The minimum absolute atomic E-state index is 0.0425. The highest BCUT2D eigenvalue weighted by molar-refractivity contribution is 5.99. The third-order valence-corrected chi connectivity index (χ3v) is 4.87. The maximum Gasteiger partial charge on any atom is 0.417 e. The first-order valence-corrected chi connectivity index (χ1v) is 8.86. The number of carbonyl (C=O) groups excluding carboxylic acids is 1. The number of rotatable bonds is 2. The molecule has 1 fully saturated rings. The van der Waals surface area contributed by atoms with Crippen molar-refractivity contribution in [3.8, 4) is 0 Å². The Balaban J connectivity index is 1.84. The number of carbonyl (C=O) groups is 1. The SMILES string of the molecule is Cc1cc(C(F)(F)F)c2cc(C(=O)NC3CCCCCCC3)[nH]c2c1. The van der Waals surface area contributed by atoms with E-state index in [0.29, 0.717) is 11.1 Å². The van der Waals surface area contributed by atoms with E-state index in [1.165, 1.54) is 25.3 Å². The van der Waals surface area contributed by atoms with Gasteiger partial charge in [0.25, 0.3) is 5.91 Å². The Morgan fingerprint density at radius 3 is 2.36 bits per heavy atom. The summed E-state index contributed by atoms with van der Waals surface area (Å²) in [6, 6.07) is 4.17. The van der Waals surface area contributed by atoms with Gasteiger partial charge in [0.1, 0.15) is 5.69 Å². The van der Waals surface area contributed by atoms with Crippen LogP contribution < -0.4 is 5.32 Å². The molecule has 1 heterocycles. The zero-order chi connectivity index (χ0) is 18.0. The average Bonchev–Trinajstić information content (AvgIpc) is 2.91. The number of hydrogen-bond acceptors (Lipinski definition) is 1. The second kappa shape index (κ2) is 7.10. The zero-order valence-corrected chi connectivity index (χ0v) is 14.3. The molecular formula is C19H23F3N2O. The van der Waals surface area contributed by atoms with E-state index in [4.69, 9.17) is 0 Å². The lowest BCUT2D eigenvalue weighted by Crippen LogP contribution is -2.35. The standard InChI is InChI=1S/C19H23F3N2O/c1-12-9-15(19(20,21)22)14-11-17(24-16(14)10-12)18(25)23-13-7-5-3-2-4-6-8-13/h9-11,13,24H,2-8H2,1H3,(H,23,25). The molecule has 0 spiro atoms. The summed E-state index contributed by atoms with van der Waals surface area (Å²) in [7, 11) is 0. The summed E-state index contributed by atoms with van der Waals surface area (Å²) in [4.78, 5) is 15.4. The number of nitrogens with one attached hydrogen (secondary N) is 2. The molecular weight excluding hydrogens is 329 g/mol. The van der Waals surface area contributed by atoms with Crippen LogP contribution in [0.25, 0.3) is 10.9 Å². The first-order chi connectivity index (χ1) is 11.8. The number of aromatic nitrogens is 1. The first kappa shape index (κ1) is 17.8. The van der Waals surface area contributed by atoms with Crippen LogP contribution in [0.5, 0.6) is 0 Å². The molecule has 0 aliphatic heterocycles. The van der Waals surface area contributed by atoms with Crippen molar-refractivity contribution in [2.24, 2.45) is 0 Å². The number of aromatic amines is 1. The number of benzene rings is 1. The number of amides is 1. The number of alkyl halides is 3. The molecule has 3 nitrogen and oxygen atoms in total. The van der Waals surface area contributed by atoms with Gasteiger partial charge in [-0.15, -0.1) is 0 Å². The van der Waals surface area contributed by atoms with Gasteiger partial charge in [-0.1, -0.05) is 32.1 Å². The number of aryl methyl sites for hydroxylation is 1. The second-order valence-corrected chi connectivity index (χ2v) is 6.97. The summed E-state index contributed by atoms with van der Waals surface area (Å²) in [5.41, 5.74) is 0.334. The Labute approximate surface area is 145 Å². The van der Waals surface area contributed by atoms with Crippen molar-refractivity contribution in [3.63, 3.8) is 0 Å². The van der Waals surface area contributed by atoms with E-state index >= 15 is 0 Å². The van der Waals surface area contributed by atoms with Crippen LogP contribution in [-0.4, -0.2) is 16.9 Å². The number of hydrogen-bond donors (Lipinski definition) is 2. The predicted octanol–water partition coefficient (Wildman–Crippen LogP) is 5.34. The fourth-order valence-electron chi connectivity index (χ4n) is 3.60. The number of halogens is 3. The van der Waals surface area contributed by atoms with Gasteiger partial charge < -0.3 is 10.3 Å². The van der Waals surface area contributed by atoms with Gasteiger partial charge in [-0.3, -0.25) is 4.79 Å². The van der Waals surface area contributed by atoms with Crippen LogP contribution in [0.1, 0.15) is 66.6 Å². The maximum absolute atomic E-state index is 13.3. The Hall–Kier alpha value is -1.98. The summed E-state index contributed by atoms with van der Waals surface area (Å²) in [5.74, 6) is -0.326. The maximum atomic E-state index is 13.3. The van der Waals surface area contributed by atoms with Crippen LogP contribution in [0.3, 0.4) is 0 Å². The highest BCUT2D eigenvalue weighted by Crippen LogP contribution is 2.36. The Kier molecular flexibility index (Phi) is 5.06. The van der Waals surface area contributed by atoms with E-state index in [0.717, 1.165) is 31.7 Å². The molecule has 1 saturated carbocycles. The second-order valence-electron chi connectivity index (χ2n) is 6.97. The molecule has 1 aromatic carbocycles. The monoisotopic (exact) mass is 352 g/mol. The van der Waals surface area contributed by atoms with Gasteiger partial charge in [0.05, 0.1) is 5.56 Å². The van der Waals surface area contributed by atoms with E-state index < -0.39 is 11.7 Å². The van der Waals surface area contributed by atoms with Crippen LogP contribution in [0, 0.1) is 6.92 Å². The molecule has 0 saturated heterocycles. The molecule has 3 rings (SSSR count). The number of H-pyrrole nitrogens is 1. The Morgan fingerprint density at radius 1 is 1.08 bits per heavy atom. The largest absolute Gasteiger partial charge is 0.417 e. The van der Waals surface area contributed by atoms with Crippen LogP contribution >= 0.6 is 0 Å². The smallest absolute Gasteiger partial charge is 0.351 e. The normalized spacial score (nSPS) is 17.3. The third kappa shape index (κ3) is 4.17. The molecule has 1 aromatic heterocycles. The lowest BCUT2D eigenvalue weighted by atomic mass is 9.96. The molecule has 2 N–H and O–H groups in total. The van der Waals surface area contributed by atoms with Crippen molar-refractivity contribution in [2.45, 2.75) is 64.1 Å². The Bertz CT molecular complexity index is 756. The molecule has 1 aliphatic rings. The van der Waals surface area contributed by atoms with Crippen LogP contribution in [0.15, 0.2) is 18.2 Å². The topological polar surface area (TPSA) is 44.9 Å². The molecule has 6 heteroatoms. The lowest BCUT2D eigenvalue weighted by molar-refractivity contribution is -0.136. The van der Waals surface area contributed by atoms with Gasteiger partial charge in [0.15, 0.2) is 0 Å². The van der Waals surface area contributed by atoms with Crippen molar-refractivity contribution in [2.75, 3.05) is 0 Å². The minimum atomic E-state index is -4.44. The molecule has 0 radical (unpaired) electrons. The zero-order valence-electron chi connectivity index (χ0n) is 14.3. The highest BCUT2D eigenvalue weighted by atomic mass is 19.4. The number of fused-ring (bicyclic) bond motifs is 1. The minimum Gasteiger partial charge on any atom is -0.351 e. The quantitative estimate of drug-likeness (QED) is 0.753. The fourth-order valence-corrected chi connectivity index (χ4v) is 3.60. The molecule has 0 unspecified atom stereocenters. The van der Waals surface area contributed by atoms with Crippen molar-refractivity contribution in [1.82, 2.24) is 10.3 Å². The fraction of sp³-hybridized carbons (Fsp3) is 0.526. The van der Waals surface area contributed by atoms with E-state index in [2.05, 4.69) is 10.3 Å². The first-order valence-electron chi connectivity index (χ1n) is 8.86. The molecule has 2 aromatic rings. The van der Waals surface area contributed by atoms with Crippen LogP contribution in [0.4, 0.5) is 13.2 Å². The van der Waals surface area contributed by atoms with E-state index in [1.807, 2.05) is 0 Å². The molecule has 0 atom stereocenters. The van der Waals surface area contributed by atoms with Crippen molar-refractivity contribution >= 4 is 16.8 Å². The van der Waals surface area contributed by atoms with Gasteiger partial charge in [-0.05, 0) is 43.5 Å². The van der Waals surface area contributed by atoms with Gasteiger partial charge in [0, 0.05) is 16.9 Å². The average molecular weight is 352 g/mol. The van der Waals surface area contributed by atoms with Gasteiger partial charge >= 0.3 is 6.18 Å². The van der Waals surface area contributed by atoms with Gasteiger partial charge in [-0.2, -0.15) is 13.2 Å². The third-order valence-electron chi connectivity index (χ3n) is 4.87. The Morgan fingerprint density at radius 2 is 1.72 bits per heavy atom. The lowest BCUT2D eigenvalue weighted by Gasteiger charge is -2.20. The van der Waals surface area contributed by atoms with E-state index in [9.17, 15) is 18.0 Å². The summed E-state index contributed by atoms with van der Waals surface area (Å²) >= 11 is 0. The van der Waals surface area contributed by atoms with Crippen LogP contribution in [0.2, 0.25) is 0 Å². The van der Waals surface area contributed by atoms with E-state index in [-0.39, 0.29) is 23.0 Å². The summed E-state index contributed by atoms with van der Waals surface area (Å²) in [5, 5.41) is 3.03. The summed E-state index contributed by atoms with van der Waals surface area (Å²) < 4.78 is 39.8. The predicted molar refractivity (Wildman–Crippen MR) is 91.6 cm³/mol. The van der Waals surface area contributed by atoms with Crippen molar-refractivity contribution < 1.29 is 18.0 Å². The van der Waals surface area contributed by atoms with Gasteiger partial charge in [0.2, 0.25) is 0 Å². The highest BCUT2D eigenvalue weighted by Gasteiger charge is 2.33. The van der Waals surface area contributed by atoms with Crippen LogP contribution in [-0.2, 0) is 6.18 Å². The molecule has 1 amide bonds. The molecule has 136 valence electrons.